The van der Waals surface area contributed by atoms with Gasteiger partial charge in [0.05, 0.1) is 5.39 Å². The van der Waals surface area contributed by atoms with Crippen molar-refractivity contribution < 1.29 is 8.81 Å². The summed E-state index contributed by atoms with van der Waals surface area (Å²) in [5.41, 5.74) is 1.83. The molecule has 130 valence electrons. The quantitative estimate of drug-likeness (QED) is 0.547. The number of rotatable bonds is 2. The summed E-state index contributed by atoms with van der Waals surface area (Å²) in [6.45, 7) is 0. The lowest BCUT2D eigenvalue weighted by Gasteiger charge is -2.09. The van der Waals surface area contributed by atoms with Gasteiger partial charge in [-0.3, -0.25) is 4.79 Å². The van der Waals surface area contributed by atoms with Gasteiger partial charge in [-0.05, 0) is 67.6 Å². The molecule has 0 amide bonds. The van der Waals surface area contributed by atoms with Gasteiger partial charge in [-0.1, -0.05) is 0 Å². The minimum atomic E-state index is -0.293. The SMILES string of the molecule is O=c1[nH]c(-c2ccc(-c3ccc(F)cc3)o2)nc2sc3c(c12)CCCC3. The van der Waals surface area contributed by atoms with Crippen molar-refractivity contribution in [3.63, 3.8) is 0 Å². The molecule has 0 unspecified atom stereocenters. The maximum Gasteiger partial charge on any atom is 0.260 e. The van der Waals surface area contributed by atoms with Crippen molar-refractivity contribution in [1.29, 1.82) is 0 Å². The van der Waals surface area contributed by atoms with Crippen LogP contribution < -0.4 is 5.56 Å². The molecule has 1 aromatic carbocycles. The molecule has 0 saturated carbocycles. The van der Waals surface area contributed by atoms with Crippen LogP contribution in [0.1, 0.15) is 23.3 Å². The van der Waals surface area contributed by atoms with Gasteiger partial charge >= 0.3 is 0 Å². The fraction of sp³-hybridized carbons (Fsp3) is 0.200. The number of aromatic amines is 1. The maximum absolute atomic E-state index is 13.1. The maximum atomic E-state index is 13.1. The molecule has 0 bridgehead atoms. The third kappa shape index (κ3) is 2.49. The summed E-state index contributed by atoms with van der Waals surface area (Å²) in [6.07, 6.45) is 4.28. The number of aryl methyl sites for hydroxylation is 2. The topological polar surface area (TPSA) is 58.9 Å². The number of nitrogens with zero attached hydrogens (tertiary/aromatic N) is 1. The molecule has 1 N–H and O–H groups in total. The molecule has 0 radical (unpaired) electrons. The summed E-state index contributed by atoms with van der Waals surface area (Å²) in [4.78, 5) is 22.2. The summed E-state index contributed by atoms with van der Waals surface area (Å²) in [5, 5.41) is 0.735. The van der Waals surface area contributed by atoms with Gasteiger partial charge in [0, 0.05) is 10.4 Å². The molecule has 26 heavy (non-hydrogen) atoms. The summed E-state index contributed by atoms with van der Waals surface area (Å²) >= 11 is 1.61. The lowest BCUT2D eigenvalue weighted by molar-refractivity contribution is 0.591. The van der Waals surface area contributed by atoms with Crippen molar-refractivity contribution in [2.45, 2.75) is 25.7 Å². The number of hydrogen-bond donors (Lipinski definition) is 1. The van der Waals surface area contributed by atoms with Crippen LogP contribution in [0.25, 0.3) is 33.1 Å². The van der Waals surface area contributed by atoms with E-state index in [1.165, 1.54) is 29.0 Å². The number of H-pyrrole nitrogens is 1. The molecule has 1 aliphatic carbocycles. The Morgan fingerprint density at radius 2 is 1.81 bits per heavy atom. The van der Waals surface area contributed by atoms with Crippen molar-refractivity contribution >= 4 is 21.6 Å². The Hall–Kier alpha value is -2.73. The van der Waals surface area contributed by atoms with Crippen LogP contribution in [0.15, 0.2) is 45.6 Å². The van der Waals surface area contributed by atoms with E-state index in [2.05, 4.69) is 9.97 Å². The fourth-order valence-electron chi connectivity index (χ4n) is 3.52. The molecule has 3 aromatic heterocycles. The first kappa shape index (κ1) is 15.5. The third-order valence-electron chi connectivity index (χ3n) is 4.79. The van der Waals surface area contributed by atoms with E-state index in [1.54, 1.807) is 35.6 Å². The van der Waals surface area contributed by atoms with E-state index in [-0.39, 0.29) is 11.4 Å². The molecule has 6 heteroatoms. The van der Waals surface area contributed by atoms with E-state index in [4.69, 9.17) is 4.42 Å². The van der Waals surface area contributed by atoms with Crippen molar-refractivity contribution in [3.05, 3.63) is 63.0 Å². The van der Waals surface area contributed by atoms with Crippen LogP contribution in [0.2, 0.25) is 0 Å². The van der Waals surface area contributed by atoms with Crippen molar-refractivity contribution in [1.82, 2.24) is 9.97 Å². The van der Waals surface area contributed by atoms with Crippen LogP contribution in [0.4, 0.5) is 4.39 Å². The van der Waals surface area contributed by atoms with Crippen LogP contribution in [0.3, 0.4) is 0 Å². The highest BCUT2D eigenvalue weighted by Gasteiger charge is 2.20. The van der Waals surface area contributed by atoms with Crippen LogP contribution >= 0.6 is 11.3 Å². The molecule has 0 atom stereocenters. The molecule has 4 nitrogen and oxygen atoms in total. The fourth-order valence-corrected chi connectivity index (χ4v) is 4.78. The summed E-state index contributed by atoms with van der Waals surface area (Å²) < 4.78 is 18.9. The van der Waals surface area contributed by atoms with Gasteiger partial charge in [0.25, 0.3) is 5.56 Å². The number of hydrogen-bond acceptors (Lipinski definition) is 4. The predicted molar refractivity (Wildman–Crippen MR) is 100.0 cm³/mol. The number of furan rings is 1. The number of nitrogens with one attached hydrogen (secondary N) is 1. The highest BCUT2D eigenvalue weighted by atomic mass is 32.1. The molecular weight excluding hydrogens is 351 g/mol. The van der Waals surface area contributed by atoms with Crippen LogP contribution in [0, 0.1) is 5.82 Å². The van der Waals surface area contributed by atoms with Crippen LogP contribution in [-0.2, 0) is 12.8 Å². The monoisotopic (exact) mass is 366 g/mol. The van der Waals surface area contributed by atoms with E-state index >= 15 is 0 Å². The van der Waals surface area contributed by atoms with Crippen molar-refractivity contribution in [2.75, 3.05) is 0 Å². The molecule has 0 saturated heterocycles. The second kappa shape index (κ2) is 5.92. The minimum absolute atomic E-state index is 0.107. The molecule has 0 aliphatic heterocycles. The molecule has 1 aliphatic rings. The Morgan fingerprint density at radius 1 is 1.04 bits per heavy atom. The highest BCUT2D eigenvalue weighted by molar-refractivity contribution is 7.18. The molecule has 5 rings (SSSR count). The standard InChI is InChI=1S/C20H15FN2O2S/c21-12-7-5-11(6-8-12)14-9-10-15(25-14)18-22-19(24)17-13-3-1-2-4-16(13)26-20(17)23-18/h5-10H,1-4H2,(H,22,23,24). The number of benzene rings is 1. The lowest BCUT2D eigenvalue weighted by atomic mass is 9.97. The first-order chi connectivity index (χ1) is 12.7. The molecule has 3 heterocycles. The lowest BCUT2D eigenvalue weighted by Crippen LogP contribution is -2.11. The third-order valence-corrected chi connectivity index (χ3v) is 5.98. The number of thiophene rings is 1. The Bertz CT molecular complexity index is 1170. The number of aromatic nitrogens is 2. The first-order valence-corrected chi connectivity index (χ1v) is 9.41. The van der Waals surface area contributed by atoms with E-state index in [9.17, 15) is 9.18 Å². The van der Waals surface area contributed by atoms with E-state index < -0.39 is 0 Å². The second-order valence-electron chi connectivity index (χ2n) is 6.48. The summed E-state index contributed by atoms with van der Waals surface area (Å²) in [6, 6.07) is 9.66. The molecule has 0 fully saturated rings. The van der Waals surface area contributed by atoms with Gasteiger partial charge in [0.2, 0.25) is 0 Å². The van der Waals surface area contributed by atoms with Crippen LogP contribution in [-0.4, -0.2) is 9.97 Å². The zero-order valence-electron chi connectivity index (χ0n) is 13.8. The Kier molecular flexibility index (Phi) is 3.53. The van der Waals surface area contributed by atoms with Crippen LogP contribution in [0.5, 0.6) is 0 Å². The first-order valence-electron chi connectivity index (χ1n) is 8.60. The van der Waals surface area contributed by atoms with E-state index in [0.29, 0.717) is 17.3 Å². The zero-order chi connectivity index (χ0) is 17.7. The highest BCUT2D eigenvalue weighted by Crippen LogP contribution is 2.34. The van der Waals surface area contributed by atoms with Gasteiger partial charge < -0.3 is 9.40 Å². The average Bonchev–Trinajstić information content (AvgIpc) is 3.27. The number of fused-ring (bicyclic) bond motifs is 3. The predicted octanol–water partition coefficient (Wildman–Crippen LogP) is 4.93. The van der Waals surface area contributed by atoms with E-state index in [0.717, 1.165) is 35.0 Å². The minimum Gasteiger partial charge on any atom is -0.453 e. The summed E-state index contributed by atoms with van der Waals surface area (Å²) in [5.74, 6) is 1.23. The second-order valence-corrected chi connectivity index (χ2v) is 7.56. The van der Waals surface area contributed by atoms with Crippen molar-refractivity contribution in [3.8, 4) is 22.9 Å². The van der Waals surface area contributed by atoms with Gasteiger partial charge in [-0.25, -0.2) is 9.37 Å². The molecular formula is C20H15FN2O2S. The zero-order valence-corrected chi connectivity index (χ0v) is 14.7. The largest absolute Gasteiger partial charge is 0.453 e. The van der Waals surface area contributed by atoms with E-state index in [1.807, 2.05) is 0 Å². The summed E-state index contributed by atoms with van der Waals surface area (Å²) in [7, 11) is 0. The van der Waals surface area contributed by atoms with Gasteiger partial charge in [-0.2, -0.15) is 0 Å². The van der Waals surface area contributed by atoms with Gasteiger partial charge in [0.15, 0.2) is 11.6 Å². The Morgan fingerprint density at radius 3 is 2.65 bits per heavy atom. The number of halogens is 1. The normalized spacial score (nSPS) is 13.9. The molecule has 0 spiro atoms. The smallest absolute Gasteiger partial charge is 0.260 e. The Labute approximate surface area is 152 Å². The van der Waals surface area contributed by atoms with Gasteiger partial charge in [-0.15, -0.1) is 11.3 Å². The Balaban J connectivity index is 1.59. The van der Waals surface area contributed by atoms with Crippen molar-refractivity contribution in [2.24, 2.45) is 0 Å². The average molecular weight is 366 g/mol. The molecule has 4 aromatic rings. The van der Waals surface area contributed by atoms with Gasteiger partial charge in [0.1, 0.15) is 16.4 Å².